The van der Waals surface area contributed by atoms with Crippen molar-refractivity contribution in [3.05, 3.63) is 51.5 Å². The van der Waals surface area contributed by atoms with Crippen molar-refractivity contribution in [3.8, 4) is 5.75 Å². The van der Waals surface area contributed by atoms with Crippen molar-refractivity contribution >= 4 is 33.5 Å². The third kappa shape index (κ3) is 4.12. The minimum Gasteiger partial charge on any atom is -0.496 e. The Morgan fingerprint density at radius 3 is 2.68 bits per heavy atom. The maximum Gasteiger partial charge on any atom is 0.129 e. The monoisotopic (exact) mass is 442 g/mol. The summed E-state index contributed by atoms with van der Waals surface area (Å²) in [6.07, 6.45) is 4.21. The zero-order valence-electron chi connectivity index (χ0n) is 17.8. The van der Waals surface area contributed by atoms with Crippen LogP contribution >= 0.6 is 15.9 Å². The summed E-state index contributed by atoms with van der Waals surface area (Å²) in [5, 5.41) is 0. The summed E-state index contributed by atoms with van der Waals surface area (Å²) in [6, 6.07) is 10.6. The molecule has 1 heterocycles. The van der Waals surface area contributed by atoms with Gasteiger partial charge < -0.3 is 9.64 Å². The number of aryl methyl sites for hydroxylation is 1. The molecule has 0 amide bonds. The lowest BCUT2D eigenvalue weighted by Crippen LogP contribution is -2.48. The molecule has 1 aliphatic rings. The standard InChI is InChI=1S/C24H31BrN2O/c1-7-10-27-22-13-23(28-6)18(12-20(22)17(3)14-24(27,4)5)15-26-19-8-9-21(25)16(2)11-19/h8-9,11-13,15,17H,7,10,14H2,1-6H3. The first-order valence-electron chi connectivity index (χ1n) is 10.1. The number of rotatable bonds is 5. The zero-order valence-corrected chi connectivity index (χ0v) is 19.4. The molecule has 2 aromatic carbocycles. The van der Waals surface area contributed by atoms with Crippen LogP contribution in [0.2, 0.25) is 0 Å². The smallest absolute Gasteiger partial charge is 0.129 e. The van der Waals surface area contributed by atoms with E-state index < -0.39 is 0 Å². The van der Waals surface area contributed by atoms with Crippen LogP contribution in [0, 0.1) is 6.92 Å². The van der Waals surface area contributed by atoms with Crippen molar-refractivity contribution in [2.75, 3.05) is 18.6 Å². The molecular weight excluding hydrogens is 412 g/mol. The van der Waals surface area contributed by atoms with E-state index in [4.69, 9.17) is 9.73 Å². The van der Waals surface area contributed by atoms with E-state index in [1.807, 2.05) is 18.3 Å². The molecule has 1 aliphatic heterocycles. The maximum absolute atomic E-state index is 5.75. The SMILES string of the molecule is CCCN1c2cc(OC)c(C=Nc3ccc(Br)c(C)c3)cc2C(C)CC1(C)C. The van der Waals surface area contributed by atoms with Crippen molar-refractivity contribution < 1.29 is 4.74 Å². The fourth-order valence-corrected chi connectivity index (χ4v) is 4.55. The van der Waals surface area contributed by atoms with E-state index in [9.17, 15) is 0 Å². The van der Waals surface area contributed by atoms with Crippen molar-refractivity contribution in [2.24, 2.45) is 4.99 Å². The van der Waals surface area contributed by atoms with Crippen LogP contribution in [0.5, 0.6) is 5.75 Å². The quantitative estimate of drug-likeness (QED) is 0.464. The van der Waals surface area contributed by atoms with Gasteiger partial charge >= 0.3 is 0 Å². The van der Waals surface area contributed by atoms with Gasteiger partial charge in [-0.2, -0.15) is 0 Å². The van der Waals surface area contributed by atoms with Gasteiger partial charge in [0.25, 0.3) is 0 Å². The van der Waals surface area contributed by atoms with Crippen LogP contribution in [0.25, 0.3) is 0 Å². The zero-order chi connectivity index (χ0) is 20.5. The highest BCUT2D eigenvalue weighted by molar-refractivity contribution is 9.10. The topological polar surface area (TPSA) is 24.8 Å². The van der Waals surface area contributed by atoms with Gasteiger partial charge in [-0.3, -0.25) is 4.99 Å². The molecule has 3 rings (SSSR count). The molecule has 150 valence electrons. The molecule has 0 fully saturated rings. The number of benzene rings is 2. The molecule has 0 spiro atoms. The molecule has 0 aliphatic carbocycles. The number of hydrogen-bond acceptors (Lipinski definition) is 3. The predicted molar refractivity (Wildman–Crippen MR) is 124 cm³/mol. The van der Waals surface area contributed by atoms with Gasteiger partial charge in [0.05, 0.1) is 12.8 Å². The Labute approximate surface area is 177 Å². The van der Waals surface area contributed by atoms with Crippen molar-refractivity contribution in [2.45, 2.75) is 58.9 Å². The predicted octanol–water partition coefficient (Wildman–Crippen LogP) is 7.02. The average molecular weight is 443 g/mol. The Kier molecular flexibility index (Phi) is 6.18. The lowest BCUT2D eigenvalue weighted by molar-refractivity contribution is 0.372. The van der Waals surface area contributed by atoms with Crippen molar-refractivity contribution in [1.82, 2.24) is 0 Å². The van der Waals surface area contributed by atoms with Crippen LogP contribution < -0.4 is 9.64 Å². The number of halogens is 1. The van der Waals surface area contributed by atoms with E-state index in [0.29, 0.717) is 5.92 Å². The van der Waals surface area contributed by atoms with Crippen LogP contribution in [-0.2, 0) is 0 Å². The van der Waals surface area contributed by atoms with Crippen LogP contribution in [0.3, 0.4) is 0 Å². The lowest BCUT2D eigenvalue weighted by atomic mass is 9.79. The second-order valence-electron chi connectivity index (χ2n) is 8.41. The van der Waals surface area contributed by atoms with Gasteiger partial charge in [0.2, 0.25) is 0 Å². The van der Waals surface area contributed by atoms with Crippen molar-refractivity contribution in [3.63, 3.8) is 0 Å². The molecule has 1 atom stereocenters. The molecule has 0 saturated carbocycles. The molecular formula is C24H31BrN2O. The largest absolute Gasteiger partial charge is 0.496 e. The number of aliphatic imine (C=N–C) groups is 1. The average Bonchev–Trinajstić information content (AvgIpc) is 2.65. The first-order valence-corrected chi connectivity index (χ1v) is 10.9. The van der Waals surface area contributed by atoms with E-state index in [-0.39, 0.29) is 5.54 Å². The van der Waals surface area contributed by atoms with E-state index in [0.717, 1.165) is 40.9 Å². The highest BCUT2D eigenvalue weighted by atomic mass is 79.9. The Morgan fingerprint density at radius 2 is 2.04 bits per heavy atom. The fourth-order valence-electron chi connectivity index (χ4n) is 4.31. The Morgan fingerprint density at radius 1 is 1.29 bits per heavy atom. The van der Waals surface area contributed by atoms with Crippen LogP contribution in [0.15, 0.2) is 39.8 Å². The van der Waals surface area contributed by atoms with Gasteiger partial charge in [-0.15, -0.1) is 0 Å². The summed E-state index contributed by atoms with van der Waals surface area (Å²) >= 11 is 3.55. The van der Waals surface area contributed by atoms with Crippen molar-refractivity contribution in [1.29, 1.82) is 0 Å². The third-order valence-corrected chi connectivity index (χ3v) is 6.57. The Hall–Kier alpha value is -1.81. The summed E-state index contributed by atoms with van der Waals surface area (Å²) in [4.78, 5) is 7.25. The summed E-state index contributed by atoms with van der Waals surface area (Å²) in [5.74, 6) is 1.38. The number of nitrogens with zero attached hydrogens (tertiary/aromatic N) is 2. The number of fused-ring (bicyclic) bond motifs is 1. The molecule has 4 heteroatoms. The summed E-state index contributed by atoms with van der Waals surface area (Å²) in [6.45, 7) is 12.4. The molecule has 0 radical (unpaired) electrons. The second-order valence-corrected chi connectivity index (χ2v) is 9.27. The number of anilines is 1. The van der Waals surface area contributed by atoms with E-state index in [1.165, 1.54) is 16.8 Å². The van der Waals surface area contributed by atoms with Gasteiger partial charge in [-0.05, 0) is 74.9 Å². The van der Waals surface area contributed by atoms with Crippen LogP contribution in [-0.4, -0.2) is 25.4 Å². The molecule has 2 aromatic rings. The normalized spacial score (nSPS) is 18.4. The Bertz CT molecular complexity index is 888. The molecule has 28 heavy (non-hydrogen) atoms. The number of methoxy groups -OCH3 is 1. The molecule has 3 nitrogen and oxygen atoms in total. The van der Waals surface area contributed by atoms with Gasteiger partial charge in [0.15, 0.2) is 0 Å². The minimum absolute atomic E-state index is 0.151. The summed E-state index contributed by atoms with van der Waals surface area (Å²) in [7, 11) is 1.74. The summed E-state index contributed by atoms with van der Waals surface area (Å²) < 4.78 is 6.85. The first-order chi connectivity index (χ1) is 13.3. The molecule has 0 N–H and O–H groups in total. The van der Waals surface area contributed by atoms with Gasteiger partial charge in [-0.1, -0.05) is 29.8 Å². The van der Waals surface area contributed by atoms with Crippen LogP contribution in [0.1, 0.15) is 63.1 Å². The van der Waals surface area contributed by atoms with Gasteiger partial charge in [-0.25, -0.2) is 0 Å². The highest BCUT2D eigenvalue weighted by Crippen LogP contribution is 2.45. The number of ether oxygens (including phenoxy) is 1. The first kappa shape index (κ1) is 20.9. The summed E-state index contributed by atoms with van der Waals surface area (Å²) in [5.41, 5.74) is 6.00. The van der Waals surface area contributed by atoms with E-state index >= 15 is 0 Å². The molecule has 0 bridgehead atoms. The minimum atomic E-state index is 0.151. The van der Waals surface area contributed by atoms with Crippen LogP contribution in [0.4, 0.5) is 11.4 Å². The second kappa shape index (κ2) is 8.28. The number of hydrogen-bond donors (Lipinski definition) is 0. The Balaban J connectivity index is 2.03. The van der Waals surface area contributed by atoms with E-state index in [1.54, 1.807) is 7.11 Å². The highest BCUT2D eigenvalue weighted by Gasteiger charge is 2.36. The van der Waals surface area contributed by atoms with Gasteiger partial charge in [0.1, 0.15) is 5.75 Å². The maximum atomic E-state index is 5.75. The van der Waals surface area contributed by atoms with E-state index in [2.05, 4.69) is 73.6 Å². The molecule has 0 saturated heterocycles. The van der Waals surface area contributed by atoms with Gasteiger partial charge in [0, 0.05) is 40.1 Å². The fraction of sp³-hybridized carbons (Fsp3) is 0.458. The lowest BCUT2D eigenvalue weighted by Gasteiger charge is -2.47. The molecule has 0 aromatic heterocycles. The third-order valence-electron chi connectivity index (χ3n) is 5.68. The molecule has 1 unspecified atom stereocenters.